The molecule has 4 heterocycles. The Morgan fingerprint density at radius 3 is 1.40 bits per heavy atom. The van der Waals surface area contributed by atoms with Gasteiger partial charge < -0.3 is 114 Å². The number of methoxy groups -OCH3 is 1. The Morgan fingerprint density at radius 1 is 0.442 bits per heavy atom. The van der Waals surface area contributed by atoms with Gasteiger partial charge in [-0.15, -0.1) is 0 Å². The van der Waals surface area contributed by atoms with E-state index in [4.69, 9.17) is 47.4 Å². The van der Waals surface area contributed by atoms with Crippen LogP contribution < -0.4 is 0 Å². The zero-order chi connectivity index (χ0) is 38.3. The summed E-state index contributed by atoms with van der Waals surface area (Å²) >= 11 is 0. The van der Waals surface area contributed by atoms with Crippen LogP contribution in [0.1, 0.15) is 0 Å². The van der Waals surface area contributed by atoms with Crippen molar-refractivity contribution in [1.82, 2.24) is 0 Å². The summed E-state index contributed by atoms with van der Waals surface area (Å²) in [4.78, 5) is 0. The maximum atomic E-state index is 11.2. The van der Waals surface area contributed by atoms with Crippen molar-refractivity contribution < 1.29 is 114 Å². The van der Waals surface area contributed by atoms with E-state index in [2.05, 4.69) is 0 Å². The summed E-state index contributed by atoms with van der Waals surface area (Å²) in [5.41, 5.74) is 0. The zero-order valence-electron chi connectivity index (χ0n) is 28.1. The van der Waals surface area contributed by atoms with Crippen molar-refractivity contribution in [2.45, 2.75) is 123 Å². The lowest BCUT2D eigenvalue weighted by Crippen LogP contribution is -2.67. The molecule has 20 atom stereocenters. The first-order chi connectivity index (χ1) is 24.9. The first-order valence-corrected chi connectivity index (χ1v) is 16.7. The lowest BCUT2D eigenvalue weighted by molar-refractivity contribution is -0.389. The second-order valence-electron chi connectivity index (χ2n) is 12.5. The summed E-state index contributed by atoms with van der Waals surface area (Å²) in [6.07, 6.45) is -32.9. The average molecular weight is 769 g/mol. The number of aliphatic hydroxyl groups is 13. The van der Waals surface area contributed by atoms with Gasteiger partial charge in [0.1, 0.15) is 97.7 Å². The maximum Gasteiger partial charge on any atom is 0.187 e. The van der Waals surface area contributed by atoms with Crippen LogP contribution in [-0.4, -0.2) is 249 Å². The Balaban J connectivity index is 1.50. The topological polar surface area (TPSA) is 355 Å². The van der Waals surface area contributed by atoms with Crippen molar-refractivity contribution in [1.29, 1.82) is 0 Å². The molecular formula is C29H52O23. The molecule has 4 aliphatic heterocycles. The standard InChI is InChI=1S/C29H52O23/c1-43-21-10(6-32)48-29(25(20(21)41)45-5-3-31)52-23-12(8-34)47-27(18(39)15(23)36)51-24-13(9-44-4-2-30)49-28(19(40)16(24)37)50-22-11(7-33)46-26(42)17(38)14(22)35/h10-42H,2-9H2,1H3/t10?,11?,12?,13?,14-,15-,16-,17?,18?,19?,20+,21+,22+,23+,24+,25?,26+,27-,28-,29-/m1/s1. The fourth-order valence-electron chi connectivity index (χ4n) is 6.43. The van der Waals surface area contributed by atoms with Gasteiger partial charge in [-0.1, -0.05) is 0 Å². The van der Waals surface area contributed by atoms with E-state index in [1.54, 1.807) is 0 Å². The first-order valence-electron chi connectivity index (χ1n) is 16.7. The van der Waals surface area contributed by atoms with E-state index in [1.165, 1.54) is 7.11 Å². The van der Waals surface area contributed by atoms with Gasteiger partial charge in [0.15, 0.2) is 25.2 Å². The summed E-state index contributed by atoms with van der Waals surface area (Å²) in [6, 6.07) is 0. The van der Waals surface area contributed by atoms with E-state index >= 15 is 0 Å². The van der Waals surface area contributed by atoms with Gasteiger partial charge in [-0.3, -0.25) is 0 Å². The fourth-order valence-corrected chi connectivity index (χ4v) is 6.43. The molecule has 0 spiro atoms. The van der Waals surface area contributed by atoms with Crippen molar-refractivity contribution in [3.8, 4) is 0 Å². The molecule has 4 saturated heterocycles. The first kappa shape index (κ1) is 43.8. The van der Waals surface area contributed by atoms with Crippen LogP contribution in [0.4, 0.5) is 0 Å². The second kappa shape index (κ2) is 20.3. The molecule has 23 heteroatoms. The molecule has 0 aromatic rings. The molecule has 4 aliphatic rings. The summed E-state index contributed by atoms with van der Waals surface area (Å²) in [5, 5.41) is 134. The highest BCUT2D eigenvalue weighted by Crippen LogP contribution is 2.35. The van der Waals surface area contributed by atoms with Crippen LogP contribution in [0.15, 0.2) is 0 Å². The Kier molecular flexibility index (Phi) is 17.1. The Bertz CT molecular complexity index is 1030. The molecule has 306 valence electrons. The largest absolute Gasteiger partial charge is 0.394 e. The number of hydrogen-bond acceptors (Lipinski definition) is 23. The Labute approximate surface area is 296 Å². The SMILES string of the molecule is CO[C@H]1C(CO)O[C@H](O[C@H]2C(CO)O[C@H](O[C@H]3C(COCCO)O[C@H](O[C@H]4C(CO)O[C@H](O)C(O)[C@H]4O)C(O)[C@H]3O)C(O)[C@H]2O)C(OCCO)[C@H]1O. The Morgan fingerprint density at radius 2 is 0.885 bits per heavy atom. The van der Waals surface area contributed by atoms with Crippen molar-refractivity contribution in [3.05, 3.63) is 0 Å². The summed E-state index contributed by atoms with van der Waals surface area (Å²) in [7, 11) is 1.25. The van der Waals surface area contributed by atoms with E-state index in [9.17, 15) is 66.4 Å². The zero-order valence-corrected chi connectivity index (χ0v) is 28.1. The number of ether oxygens (including phenoxy) is 10. The molecule has 52 heavy (non-hydrogen) atoms. The van der Waals surface area contributed by atoms with Gasteiger partial charge in [-0.2, -0.15) is 0 Å². The van der Waals surface area contributed by atoms with Crippen LogP contribution in [0.5, 0.6) is 0 Å². The second-order valence-corrected chi connectivity index (χ2v) is 12.5. The molecule has 0 saturated carbocycles. The highest BCUT2D eigenvalue weighted by Gasteiger charge is 2.55. The van der Waals surface area contributed by atoms with Gasteiger partial charge in [-0.05, 0) is 0 Å². The minimum atomic E-state index is -2.00. The number of rotatable bonds is 17. The van der Waals surface area contributed by atoms with Gasteiger partial charge >= 0.3 is 0 Å². The predicted octanol–water partition coefficient (Wildman–Crippen LogP) is -9.06. The van der Waals surface area contributed by atoms with E-state index in [0.717, 1.165) is 0 Å². The molecule has 0 aromatic carbocycles. The molecule has 0 aromatic heterocycles. The molecule has 0 bridgehead atoms. The van der Waals surface area contributed by atoms with Crippen LogP contribution in [0.2, 0.25) is 0 Å². The number of aliphatic hydroxyl groups excluding tert-OH is 13. The molecule has 0 radical (unpaired) electrons. The van der Waals surface area contributed by atoms with E-state index in [-0.39, 0.29) is 13.2 Å². The van der Waals surface area contributed by atoms with Crippen molar-refractivity contribution in [2.24, 2.45) is 0 Å². The van der Waals surface area contributed by atoms with Crippen LogP contribution in [0.3, 0.4) is 0 Å². The van der Waals surface area contributed by atoms with Gasteiger partial charge in [0, 0.05) is 7.11 Å². The number of hydrogen-bond donors (Lipinski definition) is 13. The molecule has 4 fully saturated rings. The monoisotopic (exact) mass is 768 g/mol. The normalized spacial score (nSPS) is 47.4. The Hall–Kier alpha value is -0.920. The quantitative estimate of drug-likeness (QED) is 0.0611. The molecule has 13 N–H and O–H groups in total. The van der Waals surface area contributed by atoms with Crippen LogP contribution >= 0.6 is 0 Å². The van der Waals surface area contributed by atoms with Crippen molar-refractivity contribution in [3.63, 3.8) is 0 Å². The third-order valence-electron chi connectivity index (χ3n) is 9.16. The van der Waals surface area contributed by atoms with Gasteiger partial charge in [0.2, 0.25) is 0 Å². The van der Waals surface area contributed by atoms with Gasteiger partial charge in [0.25, 0.3) is 0 Å². The van der Waals surface area contributed by atoms with Crippen LogP contribution in [0.25, 0.3) is 0 Å². The van der Waals surface area contributed by atoms with Crippen LogP contribution in [0, 0.1) is 0 Å². The third kappa shape index (κ3) is 9.71. The van der Waals surface area contributed by atoms with E-state index < -0.39 is 162 Å². The van der Waals surface area contributed by atoms with Gasteiger partial charge in [0.05, 0.1) is 52.9 Å². The highest BCUT2D eigenvalue weighted by atomic mass is 16.8. The summed E-state index contributed by atoms with van der Waals surface area (Å²) in [5.74, 6) is 0. The smallest absolute Gasteiger partial charge is 0.187 e. The van der Waals surface area contributed by atoms with Crippen LogP contribution in [-0.2, 0) is 47.4 Å². The average Bonchev–Trinajstić information content (AvgIpc) is 3.14. The summed E-state index contributed by atoms with van der Waals surface area (Å²) < 4.78 is 55.6. The van der Waals surface area contributed by atoms with Crippen molar-refractivity contribution in [2.75, 3.05) is 60.0 Å². The predicted molar refractivity (Wildman–Crippen MR) is 160 cm³/mol. The molecule has 8 unspecified atom stereocenters. The third-order valence-corrected chi connectivity index (χ3v) is 9.16. The van der Waals surface area contributed by atoms with E-state index in [1.807, 2.05) is 0 Å². The minimum absolute atomic E-state index is 0.224. The lowest BCUT2D eigenvalue weighted by Gasteiger charge is -2.49. The maximum absolute atomic E-state index is 11.2. The van der Waals surface area contributed by atoms with Gasteiger partial charge in [-0.25, -0.2) is 0 Å². The summed E-state index contributed by atoms with van der Waals surface area (Å²) in [6.45, 7) is -4.15. The molecule has 0 aliphatic carbocycles. The molecular weight excluding hydrogens is 716 g/mol. The molecule has 23 nitrogen and oxygen atoms in total. The molecule has 4 rings (SSSR count). The lowest BCUT2D eigenvalue weighted by atomic mass is 9.95. The molecule has 0 amide bonds. The fraction of sp³-hybridized carbons (Fsp3) is 1.00. The minimum Gasteiger partial charge on any atom is -0.394 e. The van der Waals surface area contributed by atoms with Crippen molar-refractivity contribution >= 4 is 0 Å². The van der Waals surface area contributed by atoms with E-state index in [0.29, 0.717) is 0 Å². The highest BCUT2D eigenvalue weighted by molar-refractivity contribution is 4.98.